The number of rotatable bonds is 32. The summed E-state index contributed by atoms with van der Waals surface area (Å²) in [6.45, 7) is 11.9. The van der Waals surface area contributed by atoms with Crippen LogP contribution in [0, 0.1) is 0 Å². The Morgan fingerprint density at radius 2 is 0.838 bits per heavy atom. The minimum Gasteiger partial charge on any atom is -0.395 e. The monoisotopic (exact) mass is 528 g/mol. The van der Waals surface area contributed by atoms with Crippen molar-refractivity contribution in [1.82, 2.24) is 4.90 Å². The van der Waals surface area contributed by atoms with Gasteiger partial charge >= 0.3 is 0 Å². The number of unbranched alkanes of at least 4 members (excludes halogenated alkanes) is 18. The number of hydrogen-bond donors (Lipinski definition) is 1. The van der Waals surface area contributed by atoms with Gasteiger partial charge in [-0.2, -0.15) is 0 Å². The van der Waals surface area contributed by atoms with Crippen molar-refractivity contribution in [3.63, 3.8) is 0 Å². The van der Waals surface area contributed by atoms with Gasteiger partial charge in [0.1, 0.15) is 0 Å². The highest BCUT2D eigenvalue weighted by Crippen LogP contribution is 2.14. The first-order chi connectivity index (χ1) is 18.3. The summed E-state index contributed by atoms with van der Waals surface area (Å²) in [5.41, 5.74) is 0. The van der Waals surface area contributed by atoms with E-state index >= 15 is 0 Å². The Hall–Kier alpha value is -0.160. The lowest BCUT2D eigenvalue weighted by Gasteiger charge is -2.21. The van der Waals surface area contributed by atoms with Gasteiger partial charge in [0.25, 0.3) is 0 Å². The molecule has 0 aromatic heterocycles. The van der Waals surface area contributed by atoms with E-state index in [1.807, 2.05) is 0 Å². The number of aliphatic hydroxyl groups is 1. The summed E-state index contributed by atoms with van der Waals surface area (Å²) in [7, 11) is 0. The third-order valence-electron chi connectivity index (χ3n) is 7.51. The van der Waals surface area contributed by atoms with Crippen LogP contribution in [0.3, 0.4) is 0 Å². The molecule has 0 atom stereocenters. The van der Waals surface area contributed by atoms with Crippen LogP contribution in [0.5, 0.6) is 0 Å². The molecule has 0 spiro atoms. The number of aliphatic hydroxyl groups excluding tert-OH is 1. The summed E-state index contributed by atoms with van der Waals surface area (Å²) in [6.07, 6.45) is 29.7. The van der Waals surface area contributed by atoms with Gasteiger partial charge < -0.3 is 19.5 Å². The van der Waals surface area contributed by atoms with Crippen LogP contribution in [0.1, 0.15) is 168 Å². The molecule has 0 aromatic carbocycles. The van der Waals surface area contributed by atoms with Crippen molar-refractivity contribution in [3.8, 4) is 0 Å². The predicted molar refractivity (Wildman–Crippen MR) is 162 cm³/mol. The summed E-state index contributed by atoms with van der Waals surface area (Å²) >= 11 is 0. The standard InChI is InChI=1S/C33H69NO3/c1-4-7-10-13-17-22-27-34(29-30-35)28-23-18-16-21-26-33(36-31-24-19-14-11-8-5-2)37-32-25-20-15-12-9-6-3/h33,35H,4-32H2,1-3H3. The minimum atomic E-state index is -0.00937. The molecule has 0 bridgehead atoms. The largest absolute Gasteiger partial charge is 0.395 e. The SMILES string of the molecule is CCCCCCCCOC(CCCCCCN(CCO)CCCCCCCC)OCCCCCCCC. The Kier molecular flexibility index (Phi) is 31.9. The maximum Gasteiger partial charge on any atom is 0.157 e. The minimum absolute atomic E-state index is 0.00937. The van der Waals surface area contributed by atoms with E-state index in [9.17, 15) is 5.11 Å². The maximum absolute atomic E-state index is 9.43. The topological polar surface area (TPSA) is 41.9 Å². The molecule has 1 N–H and O–H groups in total. The average molecular weight is 528 g/mol. The van der Waals surface area contributed by atoms with Gasteiger partial charge in [0, 0.05) is 19.8 Å². The first-order valence-corrected chi connectivity index (χ1v) is 16.8. The van der Waals surface area contributed by atoms with E-state index in [0.29, 0.717) is 0 Å². The molecule has 0 aliphatic heterocycles. The lowest BCUT2D eigenvalue weighted by molar-refractivity contribution is -0.148. The molecular weight excluding hydrogens is 458 g/mol. The zero-order chi connectivity index (χ0) is 27.1. The molecule has 0 amide bonds. The highest BCUT2D eigenvalue weighted by Gasteiger charge is 2.10. The molecule has 0 radical (unpaired) electrons. The second-order valence-electron chi connectivity index (χ2n) is 11.2. The summed E-state index contributed by atoms with van der Waals surface area (Å²) in [5.74, 6) is 0. The maximum atomic E-state index is 9.43. The highest BCUT2D eigenvalue weighted by molar-refractivity contribution is 4.59. The third-order valence-corrected chi connectivity index (χ3v) is 7.51. The number of nitrogens with zero attached hydrogens (tertiary/aromatic N) is 1. The fourth-order valence-corrected chi connectivity index (χ4v) is 5.00. The van der Waals surface area contributed by atoms with Crippen molar-refractivity contribution < 1.29 is 14.6 Å². The molecule has 37 heavy (non-hydrogen) atoms. The first-order valence-electron chi connectivity index (χ1n) is 16.8. The van der Waals surface area contributed by atoms with Gasteiger partial charge in [0.15, 0.2) is 6.29 Å². The Labute approximate surface area is 233 Å². The molecule has 224 valence electrons. The van der Waals surface area contributed by atoms with Gasteiger partial charge in [-0.25, -0.2) is 0 Å². The first kappa shape index (κ1) is 36.8. The van der Waals surface area contributed by atoms with E-state index in [4.69, 9.17) is 9.47 Å². The van der Waals surface area contributed by atoms with Gasteiger partial charge in [0.2, 0.25) is 0 Å². The predicted octanol–water partition coefficient (Wildman–Crippen LogP) is 9.67. The highest BCUT2D eigenvalue weighted by atomic mass is 16.7. The summed E-state index contributed by atoms with van der Waals surface area (Å²) in [4.78, 5) is 2.47. The third kappa shape index (κ3) is 28.7. The summed E-state index contributed by atoms with van der Waals surface area (Å²) in [5, 5.41) is 9.43. The number of ether oxygens (including phenoxy) is 2. The molecule has 0 aliphatic rings. The van der Waals surface area contributed by atoms with Crippen molar-refractivity contribution in [2.45, 2.75) is 175 Å². The van der Waals surface area contributed by atoms with Gasteiger partial charge in [0.05, 0.1) is 6.61 Å². The number of hydrogen-bond acceptors (Lipinski definition) is 4. The van der Waals surface area contributed by atoms with Crippen LogP contribution in [-0.4, -0.2) is 55.8 Å². The molecule has 4 heteroatoms. The van der Waals surface area contributed by atoms with E-state index in [-0.39, 0.29) is 12.9 Å². The average Bonchev–Trinajstić information content (AvgIpc) is 2.90. The van der Waals surface area contributed by atoms with E-state index in [2.05, 4.69) is 25.7 Å². The quantitative estimate of drug-likeness (QED) is 0.0698. The lowest BCUT2D eigenvalue weighted by atomic mass is 10.1. The van der Waals surface area contributed by atoms with E-state index in [0.717, 1.165) is 39.3 Å². The van der Waals surface area contributed by atoms with Crippen LogP contribution in [-0.2, 0) is 9.47 Å². The van der Waals surface area contributed by atoms with Crippen molar-refractivity contribution in [2.24, 2.45) is 0 Å². The van der Waals surface area contributed by atoms with Crippen LogP contribution < -0.4 is 0 Å². The Morgan fingerprint density at radius 3 is 1.27 bits per heavy atom. The second-order valence-corrected chi connectivity index (χ2v) is 11.2. The van der Waals surface area contributed by atoms with E-state index < -0.39 is 0 Å². The molecule has 4 nitrogen and oxygen atoms in total. The lowest BCUT2D eigenvalue weighted by Crippen LogP contribution is -2.29. The Balaban J connectivity index is 4.05. The van der Waals surface area contributed by atoms with Crippen molar-refractivity contribution in [2.75, 3.05) is 39.5 Å². The smallest absolute Gasteiger partial charge is 0.157 e. The van der Waals surface area contributed by atoms with Gasteiger partial charge in [-0.05, 0) is 51.6 Å². The van der Waals surface area contributed by atoms with Crippen molar-refractivity contribution in [3.05, 3.63) is 0 Å². The molecule has 0 rings (SSSR count). The molecule has 0 heterocycles. The molecule has 0 saturated heterocycles. The zero-order valence-electron chi connectivity index (χ0n) is 25.8. The molecule has 0 aromatic rings. The van der Waals surface area contributed by atoms with Crippen molar-refractivity contribution in [1.29, 1.82) is 0 Å². The fraction of sp³-hybridized carbons (Fsp3) is 1.00. The molecule has 0 fully saturated rings. The van der Waals surface area contributed by atoms with Crippen LogP contribution in [0.15, 0.2) is 0 Å². The molecule has 0 saturated carbocycles. The molecular formula is C33H69NO3. The summed E-state index contributed by atoms with van der Waals surface area (Å²) < 4.78 is 12.4. The van der Waals surface area contributed by atoms with Gasteiger partial charge in [-0.3, -0.25) is 0 Å². The van der Waals surface area contributed by atoms with Crippen LogP contribution >= 0.6 is 0 Å². The Bertz CT molecular complexity index is 389. The Morgan fingerprint density at radius 1 is 0.459 bits per heavy atom. The van der Waals surface area contributed by atoms with Crippen LogP contribution in [0.4, 0.5) is 0 Å². The summed E-state index contributed by atoms with van der Waals surface area (Å²) in [6, 6.07) is 0. The second kappa shape index (κ2) is 32.1. The van der Waals surface area contributed by atoms with Gasteiger partial charge in [-0.15, -0.1) is 0 Å². The van der Waals surface area contributed by atoms with Crippen LogP contribution in [0.25, 0.3) is 0 Å². The van der Waals surface area contributed by atoms with Gasteiger partial charge in [-0.1, -0.05) is 130 Å². The van der Waals surface area contributed by atoms with E-state index in [1.54, 1.807) is 0 Å². The normalized spacial score (nSPS) is 11.8. The molecule has 0 aliphatic carbocycles. The molecule has 0 unspecified atom stereocenters. The van der Waals surface area contributed by atoms with Crippen molar-refractivity contribution >= 4 is 0 Å². The fourth-order valence-electron chi connectivity index (χ4n) is 5.00. The zero-order valence-corrected chi connectivity index (χ0v) is 25.8. The van der Waals surface area contributed by atoms with E-state index in [1.165, 1.54) is 141 Å². The van der Waals surface area contributed by atoms with Crippen LogP contribution in [0.2, 0.25) is 0 Å².